The first-order valence-electron chi connectivity index (χ1n) is 17.2. The van der Waals surface area contributed by atoms with Crippen molar-refractivity contribution in [2.24, 2.45) is 0 Å². The van der Waals surface area contributed by atoms with Crippen molar-refractivity contribution in [3.63, 3.8) is 0 Å². The highest BCUT2D eigenvalue weighted by atomic mass is 16.6. The molecule has 5 aliphatic heterocycles. The third-order valence-corrected chi connectivity index (χ3v) is 9.15. The summed E-state index contributed by atoms with van der Waals surface area (Å²) in [5.74, 6) is 1.11. The second-order valence-corrected chi connectivity index (χ2v) is 13.3. The normalized spacial score (nSPS) is 25.9. The SMILES string of the molecule is Cc1ccc(OC(COCC2CO2)C(OCC2CO2)c2cc(C)c(OCC3CO3)c(CO)c2COCC2CO2)c(CO)c1COCC1CO1. The van der Waals surface area contributed by atoms with Crippen LogP contribution in [0.3, 0.4) is 0 Å². The largest absolute Gasteiger partial charge is 0.490 e. The van der Waals surface area contributed by atoms with Crippen LogP contribution in [0.25, 0.3) is 0 Å². The molecule has 7 atom stereocenters. The van der Waals surface area contributed by atoms with Gasteiger partial charge in [0, 0.05) is 11.1 Å². The molecule has 0 spiro atoms. The van der Waals surface area contributed by atoms with Gasteiger partial charge in [-0.1, -0.05) is 6.07 Å². The van der Waals surface area contributed by atoms with Crippen LogP contribution in [0, 0.1) is 13.8 Å². The summed E-state index contributed by atoms with van der Waals surface area (Å²) in [6.07, 6.45) is -1.09. The van der Waals surface area contributed by atoms with Crippen molar-refractivity contribution in [2.75, 3.05) is 72.7 Å². The highest BCUT2D eigenvalue weighted by Crippen LogP contribution is 2.39. The Hall–Kier alpha value is -2.40. The molecule has 13 nitrogen and oxygen atoms in total. The number of rotatable bonds is 24. The summed E-state index contributed by atoms with van der Waals surface area (Å²) in [6.45, 7) is 9.47. The molecule has 0 bridgehead atoms. The number of hydrogen-bond donors (Lipinski definition) is 2. The van der Waals surface area contributed by atoms with Gasteiger partial charge in [0.2, 0.25) is 0 Å². The van der Waals surface area contributed by atoms with E-state index in [1.165, 1.54) is 0 Å². The summed E-state index contributed by atoms with van der Waals surface area (Å²) in [5, 5.41) is 21.4. The van der Waals surface area contributed by atoms with Crippen molar-refractivity contribution in [3.8, 4) is 11.5 Å². The van der Waals surface area contributed by atoms with Gasteiger partial charge in [-0.3, -0.25) is 0 Å². The van der Waals surface area contributed by atoms with Crippen LogP contribution in [0.5, 0.6) is 11.5 Å². The van der Waals surface area contributed by atoms with Gasteiger partial charge in [-0.25, -0.2) is 0 Å². The number of epoxide rings is 5. The van der Waals surface area contributed by atoms with E-state index in [0.717, 1.165) is 27.8 Å². The summed E-state index contributed by atoms with van der Waals surface area (Å²) >= 11 is 0. The molecule has 13 heteroatoms. The molecule has 7 rings (SSSR count). The van der Waals surface area contributed by atoms with Gasteiger partial charge in [-0.05, 0) is 53.8 Å². The molecule has 0 aromatic heterocycles. The Bertz CT molecular complexity index is 1400. The molecule has 2 aromatic rings. The van der Waals surface area contributed by atoms with Gasteiger partial charge in [-0.2, -0.15) is 0 Å². The summed E-state index contributed by atoms with van der Waals surface area (Å²) in [5.41, 5.74) is 5.50. The number of benzene rings is 2. The first kappa shape index (κ1) is 35.0. The predicted molar refractivity (Wildman–Crippen MR) is 172 cm³/mol. The fourth-order valence-electron chi connectivity index (χ4n) is 5.85. The lowest BCUT2D eigenvalue weighted by molar-refractivity contribution is -0.0685. The maximum absolute atomic E-state index is 10.8. The Labute approximate surface area is 286 Å². The van der Waals surface area contributed by atoms with Gasteiger partial charge in [0.25, 0.3) is 0 Å². The zero-order valence-electron chi connectivity index (χ0n) is 28.3. The first-order valence-corrected chi connectivity index (χ1v) is 17.2. The van der Waals surface area contributed by atoms with Crippen molar-refractivity contribution in [1.29, 1.82) is 0 Å². The molecule has 0 saturated carbocycles. The third-order valence-electron chi connectivity index (χ3n) is 9.15. The number of aliphatic hydroxyl groups excluding tert-OH is 2. The first-order chi connectivity index (χ1) is 24.0. The third kappa shape index (κ3) is 9.89. The van der Waals surface area contributed by atoms with Crippen molar-refractivity contribution in [1.82, 2.24) is 0 Å². The van der Waals surface area contributed by atoms with Crippen LogP contribution in [-0.2, 0) is 69.1 Å². The van der Waals surface area contributed by atoms with Gasteiger partial charge in [0.1, 0.15) is 54.7 Å². The maximum atomic E-state index is 10.8. The Morgan fingerprint density at radius 3 is 1.80 bits per heavy atom. The lowest BCUT2D eigenvalue weighted by atomic mass is 9.91. The van der Waals surface area contributed by atoms with Crippen molar-refractivity contribution in [2.45, 2.75) is 83.0 Å². The number of aliphatic hydroxyl groups is 2. The van der Waals surface area contributed by atoms with E-state index in [4.69, 9.17) is 52.1 Å². The molecule has 0 aliphatic carbocycles. The molecule has 0 amide bonds. The van der Waals surface area contributed by atoms with E-state index in [1.807, 2.05) is 32.0 Å². The Kier molecular flexibility index (Phi) is 11.6. The fraction of sp³-hybridized carbons (Fsp3) is 0.667. The van der Waals surface area contributed by atoms with Crippen molar-refractivity contribution < 1.29 is 62.3 Å². The molecule has 2 N–H and O–H groups in total. The number of hydrogen-bond acceptors (Lipinski definition) is 13. The minimum absolute atomic E-state index is 0.0261. The monoisotopic (exact) mass is 688 g/mol. The molecule has 2 aromatic carbocycles. The number of ether oxygens (including phenoxy) is 11. The minimum Gasteiger partial charge on any atom is -0.490 e. The van der Waals surface area contributed by atoms with Gasteiger partial charge in [0.15, 0.2) is 6.10 Å². The lowest BCUT2D eigenvalue weighted by Gasteiger charge is -2.32. The van der Waals surface area contributed by atoms with Gasteiger partial charge < -0.3 is 62.3 Å². The summed E-state index contributed by atoms with van der Waals surface area (Å²) in [7, 11) is 0. The zero-order valence-corrected chi connectivity index (χ0v) is 28.3. The second kappa shape index (κ2) is 16.3. The molecule has 270 valence electrons. The average Bonchev–Trinajstić information content (AvgIpc) is 3.87. The van der Waals surface area contributed by atoms with Crippen LogP contribution in [0.2, 0.25) is 0 Å². The minimum atomic E-state index is -0.678. The molecule has 5 aliphatic rings. The van der Waals surface area contributed by atoms with Crippen LogP contribution in [0.1, 0.15) is 45.0 Å². The Morgan fingerprint density at radius 2 is 1.20 bits per heavy atom. The molecule has 7 unspecified atom stereocenters. The van der Waals surface area contributed by atoms with Crippen LogP contribution in [-0.4, -0.2) is 120 Å². The second-order valence-electron chi connectivity index (χ2n) is 13.3. The highest BCUT2D eigenvalue weighted by molar-refractivity contribution is 5.51. The summed E-state index contributed by atoms with van der Waals surface area (Å²) < 4.78 is 65.0. The van der Waals surface area contributed by atoms with Crippen molar-refractivity contribution >= 4 is 0 Å². The standard InChI is InChI=1S/C36H48O13/c1-21-3-4-33(29(6-37)31(21)18-39-8-23-11-42-23)49-34(20-41-10-25-13-44-25)36(48-17-27-15-46-27)28-5-22(2)35(47-16-26-14-45-26)30(7-38)32(28)19-40-9-24-12-43-24/h3-5,23-27,34,36-38H,6-20H2,1-2H3. The van der Waals surface area contributed by atoms with Crippen LogP contribution in [0.4, 0.5) is 0 Å². The van der Waals surface area contributed by atoms with E-state index in [9.17, 15) is 10.2 Å². The van der Waals surface area contributed by atoms with Crippen LogP contribution >= 0.6 is 0 Å². The van der Waals surface area contributed by atoms with Gasteiger partial charge >= 0.3 is 0 Å². The quantitative estimate of drug-likeness (QED) is 0.155. The molecule has 49 heavy (non-hydrogen) atoms. The lowest BCUT2D eigenvalue weighted by Crippen LogP contribution is -2.35. The van der Waals surface area contributed by atoms with Crippen LogP contribution < -0.4 is 9.47 Å². The van der Waals surface area contributed by atoms with E-state index >= 15 is 0 Å². The van der Waals surface area contributed by atoms with E-state index in [1.54, 1.807) is 0 Å². The van der Waals surface area contributed by atoms with E-state index < -0.39 is 12.2 Å². The van der Waals surface area contributed by atoms with E-state index in [0.29, 0.717) is 95.3 Å². The molecule has 5 fully saturated rings. The smallest absolute Gasteiger partial charge is 0.152 e. The molecule has 5 saturated heterocycles. The van der Waals surface area contributed by atoms with E-state index in [-0.39, 0.29) is 56.9 Å². The Morgan fingerprint density at radius 1 is 0.653 bits per heavy atom. The van der Waals surface area contributed by atoms with Crippen molar-refractivity contribution in [3.05, 3.63) is 57.1 Å². The zero-order chi connectivity index (χ0) is 33.7. The van der Waals surface area contributed by atoms with E-state index in [2.05, 4.69) is 0 Å². The fourth-order valence-corrected chi connectivity index (χ4v) is 5.85. The maximum Gasteiger partial charge on any atom is 0.152 e. The molecule has 0 radical (unpaired) electrons. The highest BCUT2D eigenvalue weighted by Gasteiger charge is 2.36. The van der Waals surface area contributed by atoms with Gasteiger partial charge in [-0.15, -0.1) is 0 Å². The molecular formula is C36H48O13. The summed E-state index contributed by atoms with van der Waals surface area (Å²) in [4.78, 5) is 0. The topological polar surface area (TPSA) is 158 Å². The molecular weight excluding hydrogens is 640 g/mol. The summed E-state index contributed by atoms with van der Waals surface area (Å²) in [6, 6.07) is 5.86. The molecule has 5 heterocycles. The average molecular weight is 689 g/mol. The number of aryl methyl sites for hydroxylation is 2. The van der Waals surface area contributed by atoms with Crippen LogP contribution in [0.15, 0.2) is 18.2 Å². The Balaban J connectivity index is 1.23. The predicted octanol–water partition coefficient (Wildman–Crippen LogP) is 2.22. The van der Waals surface area contributed by atoms with Gasteiger partial charge in [0.05, 0.1) is 92.5 Å².